The second kappa shape index (κ2) is 8.79. The van der Waals surface area contributed by atoms with Gasteiger partial charge in [0.15, 0.2) is 15.5 Å². The maximum atomic E-state index is 15.0. The molecule has 176 valence electrons. The van der Waals surface area contributed by atoms with Gasteiger partial charge in [0.2, 0.25) is 0 Å². The van der Waals surface area contributed by atoms with Crippen LogP contribution in [-0.4, -0.2) is 41.0 Å². The third kappa shape index (κ3) is 3.83. The largest absolute Gasteiger partial charge is 0.496 e. The van der Waals surface area contributed by atoms with Crippen molar-refractivity contribution < 1.29 is 17.5 Å². The maximum absolute atomic E-state index is 15.0. The number of imidazole rings is 1. The topological polar surface area (TPSA) is 87.0 Å². The van der Waals surface area contributed by atoms with Crippen LogP contribution in [0.3, 0.4) is 0 Å². The zero-order valence-corrected chi connectivity index (χ0v) is 19.8. The van der Waals surface area contributed by atoms with Gasteiger partial charge in [-0.2, -0.15) is 5.10 Å². The highest BCUT2D eigenvalue weighted by molar-refractivity contribution is 7.91. The lowest BCUT2D eigenvalue weighted by atomic mass is 9.98. The van der Waals surface area contributed by atoms with Gasteiger partial charge < -0.3 is 9.30 Å². The van der Waals surface area contributed by atoms with E-state index in [2.05, 4.69) is 19.7 Å². The maximum Gasteiger partial charge on any atom is 0.183 e. The molecular weight excluding hydrogens is 455 g/mol. The van der Waals surface area contributed by atoms with Crippen LogP contribution < -0.4 is 4.74 Å². The smallest absolute Gasteiger partial charge is 0.183 e. The summed E-state index contributed by atoms with van der Waals surface area (Å²) in [5, 5.41) is 8.54. The van der Waals surface area contributed by atoms with E-state index in [1.165, 1.54) is 38.2 Å². The summed E-state index contributed by atoms with van der Waals surface area (Å²) in [6.07, 6.45) is 8.04. The molecule has 0 spiro atoms. The van der Waals surface area contributed by atoms with Crippen LogP contribution in [0.1, 0.15) is 38.6 Å². The number of rotatable bonds is 6. The van der Waals surface area contributed by atoms with Gasteiger partial charge in [-0.05, 0) is 48.7 Å². The van der Waals surface area contributed by atoms with Crippen molar-refractivity contribution in [2.45, 2.75) is 43.5 Å². The summed E-state index contributed by atoms with van der Waals surface area (Å²) in [7, 11) is -1.98. The average Bonchev–Trinajstić information content (AvgIpc) is 3.54. The van der Waals surface area contributed by atoms with Crippen LogP contribution in [0.4, 0.5) is 4.39 Å². The monoisotopic (exact) mass is 480 g/mol. The molecule has 4 aromatic rings. The molecule has 1 saturated carbocycles. The number of halogens is 1. The first-order valence-corrected chi connectivity index (χ1v) is 13.0. The normalized spacial score (nSPS) is 14.7. The van der Waals surface area contributed by atoms with Gasteiger partial charge in [0.25, 0.3) is 0 Å². The van der Waals surface area contributed by atoms with E-state index in [0.717, 1.165) is 35.1 Å². The fourth-order valence-electron chi connectivity index (χ4n) is 4.66. The van der Waals surface area contributed by atoms with Crippen LogP contribution >= 0.6 is 0 Å². The molecule has 1 fully saturated rings. The van der Waals surface area contributed by atoms with Gasteiger partial charge in [-0.25, -0.2) is 17.8 Å². The molecule has 0 saturated heterocycles. The van der Waals surface area contributed by atoms with Gasteiger partial charge in [0, 0.05) is 22.7 Å². The van der Waals surface area contributed by atoms with Crippen molar-refractivity contribution >= 4 is 21.0 Å². The van der Waals surface area contributed by atoms with E-state index in [-0.39, 0.29) is 16.4 Å². The zero-order valence-electron chi connectivity index (χ0n) is 19.0. The van der Waals surface area contributed by atoms with E-state index in [4.69, 9.17) is 4.74 Å². The molecule has 1 aliphatic rings. The minimum atomic E-state index is -3.42. The number of hydrogen-bond donors (Lipinski definition) is 0. The molecule has 9 heteroatoms. The number of fused-ring (bicyclic) bond motifs is 1. The third-order valence-electron chi connectivity index (χ3n) is 6.56. The fourth-order valence-corrected chi connectivity index (χ4v) is 5.56. The molecule has 0 aliphatic heterocycles. The first-order valence-electron chi connectivity index (χ1n) is 11.3. The molecule has 0 atom stereocenters. The van der Waals surface area contributed by atoms with E-state index >= 15 is 0 Å². The first-order chi connectivity index (χ1) is 16.4. The number of benzene rings is 2. The van der Waals surface area contributed by atoms with Crippen LogP contribution in [0.5, 0.6) is 5.75 Å². The minimum Gasteiger partial charge on any atom is -0.496 e. The van der Waals surface area contributed by atoms with E-state index < -0.39 is 15.7 Å². The zero-order chi connectivity index (χ0) is 23.9. The molecular formula is C25H25FN4O3S. The Morgan fingerprint density at radius 1 is 1.09 bits per heavy atom. The Kier molecular flexibility index (Phi) is 5.81. The lowest BCUT2D eigenvalue weighted by Crippen LogP contribution is -2.04. The van der Waals surface area contributed by atoms with Crippen LogP contribution in [0.15, 0.2) is 53.8 Å². The van der Waals surface area contributed by atoms with Gasteiger partial charge in [-0.1, -0.05) is 25.8 Å². The number of methoxy groups -OCH3 is 1. The summed E-state index contributed by atoms with van der Waals surface area (Å²) in [5.41, 5.74) is 3.70. The van der Waals surface area contributed by atoms with Crippen molar-refractivity contribution in [3.63, 3.8) is 0 Å². The molecule has 0 bridgehead atoms. The minimum absolute atomic E-state index is 0.0299. The van der Waals surface area contributed by atoms with Gasteiger partial charge in [0.1, 0.15) is 17.1 Å². The molecule has 2 heterocycles. The van der Waals surface area contributed by atoms with E-state index in [9.17, 15) is 12.8 Å². The highest BCUT2D eigenvalue weighted by Crippen LogP contribution is 2.38. The molecule has 0 amide bonds. The Labute approximate surface area is 197 Å². The molecule has 0 unspecified atom stereocenters. The van der Waals surface area contributed by atoms with Crippen LogP contribution in [0.2, 0.25) is 0 Å². The van der Waals surface area contributed by atoms with Gasteiger partial charge >= 0.3 is 0 Å². The predicted molar refractivity (Wildman–Crippen MR) is 128 cm³/mol. The summed E-state index contributed by atoms with van der Waals surface area (Å²) < 4.78 is 47.1. The van der Waals surface area contributed by atoms with Crippen molar-refractivity contribution in [1.82, 2.24) is 19.7 Å². The number of sulfone groups is 1. The predicted octanol–water partition coefficient (Wildman–Crippen LogP) is 5.22. The number of nitrogens with zero attached hydrogens (tertiary/aromatic N) is 4. The number of ether oxygens (including phenoxy) is 1. The highest BCUT2D eigenvalue weighted by atomic mass is 32.2. The fraction of sp³-hybridized carbons (Fsp3) is 0.320. The number of aromatic nitrogens is 4. The Morgan fingerprint density at radius 3 is 2.62 bits per heavy atom. The van der Waals surface area contributed by atoms with Gasteiger partial charge in [0.05, 0.1) is 30.3 Å². The Bertz CT molecular complexity index is 1480. The summed E-state index contributed by atoms with van der Waals surface area (Å²) in [6, 6.07) is 9.67. The molecule has 2 aromatic heterocycles. The van der Waals surface area contributed by atoms with Crippen LogP contribution in [0, 0.1) is 5.82 Å². The molecule has 0 N–H and O–H groups in total. The van der Waals surface area contributed by atoms with Crippen molar-refractivity contribution in [3.05, 3.63) is 54.7 Å². The van der Waals surface area contributed by atoms with Crippen molar-refractivity contribution in [2.24, 2.45) is 0 Å². The van der Waals surface area contributed by atoms with Crippen molar-refractivity contribution in [3.8, 4) is 28.0 Å². The van der Waals surface area contributed by atoms with E-state index in [0.29, 0.717) is 17.2 Å². The lowest BCUT2D eigenvalue weighted by Gasteiger charge is -2.13. The highest BCUT2D eigenvalue weighted by Gasteiger charge is 2.22. The first kappa shape index (κ1) is 22.5. The molecule has 1 aliphatic carbocycles. The molecule has 34 heavy (non-hydrogen) atoms. The molecule has 5 rings (SSSR count). The second-order valence-corrected chi connectivity index (χ2v) is 10.8. The average molecular weight is 481 g/mol. The van der Waals surface area contributed by atoms with Crippen LogP contribution in [-0.2, 0) is 9.84 Å². The second-order valence-electron chi connectivity index (χ2n) is 8.48. The Morgan fingerprint density at radius 2 is 1.88 bits per heavy atom. The lowest BCUT2D eigenvalue weighted by molar-refractivity contribution is 0.415. The molecule has 2 aromatic carbocycles. The summed E-state index contributed by atoms with van der Waals surface area (Å²) in [4.78, 5) is 4.76. The van der Waals surface area contributed by atoms with Crippen molar-refractivity contribution in [2.75, 3.05) is 12.9 Å². The summed E-state index contributed by atoms with van der Waals surface area (Å²) >= 11 is 0. The third-order valence-corrected chi connectivity index (χ3v) is 8.29. The van der Waals surface area contributed by atoms with Crippen LogP contribution in [0.25, 0.3) is 33.4 Å². The van der Waals surface area contributed by atoms with E-state index in [1.807, 2.05) is 6.33 Å². The number of hydrogen-bond acceptors (Lipinski definition) is 6. The standard InChI is InChI=1S/C25H25FN4O3S/c1-3-34(31,32)18-9-10-19(23(13-18)33-2)20-12-16(8-11-22(20)26)21-14-28-29-25-24(21)27-15-30(25)17-6-4-5-7-17/h8-15,17H,3-7H2,1-2H3. The van der Waals surface area contributed by atoms with Crippen molar-refractivity contribution in [1.29, 1.82) is 0 Å². The summed E-state index contributed by atoms with van der Waals surface area (Å²) in [5.74, 6) is -0.185. The Balaban J connectivity index is 1.61. The van der Waals surface area contributed by atoms with E-state index in [1.54, 1.807) is 31.3 Å². The SMILES string of the molecule is CCS(=O)(=O)c1ccc(-c2cc(-c3cnnc4c3ncn4C3CCCC3)ccc2F)c(OC)c1. The molecule has 0 radical (unpaired) electrons. The quantitative estimate of drug-likeness (QED) is 0.376. The summed E-state index contributed by atoms with van der Waals surface area (Å²) in [6.45, 7) is 1.58. The molecule has 7 nitrogen and oxygen atoms in total. The Hall–Kier alpha value is -3.33. The van der Waals surface area contributed by atoms with Gasteiger partial charge in [-0.15, -0.1) is 5.10 Å². The van der Waals surface area contributed by atoms with Gasteiger partial charge in [-0.3, -0.25) is 0 Å².